The summed E-state index contributed by atoms with van der Waals surface area (Å²) in [5, 5.41) is 17.0. The van der Waals surface area contributed by atoms with Crippen LogP contribution >= 0.6 is 0 Å². The van der Waals surface area contributed by atoms with Gasteiger partial charge in [-0.05, 0) is 32.9 Å². The molecule has 1 heterocycles. The normalized spacial score (nSPS) is 18.1. The molecule has 1 saturated heterocycles. The molecule has 0 aliphatic carbocycles. The van der Waals surface area contributed by atoms with Gasteiger partial charge in [0.2, 0.25) is 5.82 Å². The second-order valence-electron chi connectivity index (χ2n) is 4.98. The Morgan fingerprint density at radius 2 is 2.00 bits per heavy atom. The van der Waals surface area contributed by atoms with E-state index in [9.17, 15) is 18.9 Å². The second kappa shape index (κ2) is 5.08. The average Bonchev–Trinajstić information content (AvgIpc) is 2.27. The van der Waals surface area contributed by atoms with Crippen molar-refractivity contribution in [3.8, 4) is 0 Å². The van der Waals surface area contributed by atoms with E-state index >= 15 is 0 Å². The van der Waals surface area contributed by atoms with E-state index in [1.54, 1.807) is 0 Å². The number of halogens is 2. The van der Waals surface area contributed by atoms with E-state index in [2.05, 4.69) is 10.6 Å². The molecule has 1 aromatic carbocycles. The second-order valence-corrected chi connectivity index (χ2v) is 4.98. The molecule has 1 aromatic rings. The predicted molar refractivity (Wildman–Crippen MR) is 67.1 cm³/mol. The van der Waals surface area contributed by atoms with Crippen LogP contribution in [0.15, 0.2) is 12.1 Å². The third-order valence-corrected chi connectivity index (χ3v) is 3.35. The van der Waals surface area contributed by atoms with Crippen LogP contribution in [0.5, 0.6) is 0 Å². The minimum atomic E-state index is -1.16. The Bertz CT molecular complexity index is 502. The van der Waals surface area contributed by atoms with Crippen molar-refractivity contribution in [1.29, 1.82) is 0 Å². The molecule has 104 valence electrons. The highest BCUT2D eigenvalue weighted by Gasteiger charge is 2.31. The minimum Gasteiger partial charge on any atom is -0.374 e. The summed E-state index contributed by atoms with van der Waals surface area (Å²) in [6.07, 6.45) is 1.45. The van der Waals surface area contributed by atoms with Crippen molar-refractivity contribution in [2.24, 2.45) is 0 Å². The first-order valence-electron chi connectivity index (χ1n) is 6.04. The molecule has 0 bridgehead atoms. The first-order chi connectivity index (χ1) is 8.91. The van der Waals surface area contributed by atoms with E-state index < -0.39 is 27.8 Å². The van der Waals surface area contributed by atoms with Crippen molar-refractivity contribution in [2.45, 2.75) is 25.3 Å². The van der Waals surface area contributed by atoms with Crippen molar-refractivity contribution in [3.63, 3.8) is 0 Å². The average molecular weight is 271 g/mol. The molecule has 1 aliphatic heterocycles. The van der Waals surface area contributed by atoms with Crippen LogP contribution in [0.2, 0.25) is 0 Å². The van der Waals surface area contributed by atoms with E-state index in [1.807, 2.05) is 6.92 Å². The zero-order valence-corrected chi connectivity index (χ0v) is 10.5. The highest BCUT2D eigenvalue weighted by Crippen LogP contribution is 2.33. The maximum absolute atomic E-state index is 13.5. The van der Waals surface area contributed by atoms with Gasteiger partial charge in [-0.2, -0.15) is 4.39 Å². The zero-order valence-electron chi connectivity index (χ0n) is 10.5. The lowest BCUT2D eigenvalue weighted by atomic mass is 9.90. The number of piperidine rings is 1. The van der Waals surface area contributed by atoms with Gasteiger partial charge >= 0.3 is 5.69 Å². The van der Waals surface area contributed by atoms with E-state index in [0.29, 0.717) is 6.07 Å². The van der Waals surface area contributed by atoms with Crippen LogP contribution in [0.25, 0.3) is 0 Å². The summed E-state index contributed by atoms with van der Waals surface area (Å²) in [6, 6.07) is 1.49. The number of nitro benzene ring substituents is 1. The summed E-state index contributed by atoms with van der Waals surface area (Å²) in [6.45, 7) is 3.41. The molecule has 0 amide bonds. The Hall–Kier alpha value is -1.76. The Morgan fingerprint density at radius 1 is 1.37 bits per heavy atom. The Balaban J connectivity index is 2.35. The van der Waals surface area contributed by atoms with Crippen LogP contribution < -0.4 is 10.6 Å². The summed E-state index contributed by atoms with van der Waals surface area (Å²) in [5.41, 5.74) is -1.22. The van der Waals surface area contributed by atoms with Gasteiger partial charge in [-0.1, -0.05) is 0 Å². The van der Waals surface area contributed by atoms with Gasteiger partial charge in [0.1, 0.15) is 11.5 Å². The molecule has 0 atom stereocenters. The van der Waals surface area contributed by atoms with Gasteiger partial charge in [-0.25, -0.2) is 4.39 Å². The summed E-state index contributed by atoms with van der Waals surface area (Å²) in [4.78, 5) is 10.1. The van der Waals surface area contributed by atoms with Crippen molar-refractivity contribution in [2.75, 3.05) is 18.4 Å². The maximum atomic E-state index is 13.5. The summed E-state index contributed by atoms with van der Waals surface area (Å²) >= 11 is 0. The zero-order chi connectivity index (χ0) is 14.0. The summed E-state index contributed by atoms with van der Waals surface area (Å²) < 4.78 is 26.7. The van der Waals surface area contributed by atoms with Gasteiger partial charge in [-0.3, -0.25) is 10.1 Å². The predicted octanol–water partition coefficient (Wildman–Crippen LogP) is 2.43. The van der Waals surface area contributed by atoms with Crippen LogP contribution in [0.4, 0.5) is 20.2 Å². The SMILES string of the molecule is CC1(Nc2cc(F)cc(F)c2[N+](=O)[O-])CCNCC1. The third-order valence-electron chi connectivity index (χ3n) is 3.35. The first kappa shape index (κ1) is 13.7. The number of nitrogens with zero attached hydrogens (tertiary/aromatic N) is 1. The fraction of sp³-hybridized carbons (Fsp3) is 0.500. The molecule has 5 nitrogen and oxygen atoms in total. The standard InChI is InChI=1S/C12H15F2N3O2/c1-12(2-4-15-5-3-12)16-10-7-8(13)6-9(14)11(10)17(18)19/h6-7,15-16H,2-5H2,1H3. The third kappa shape index (κ3) is 2.98. The Labute approximate surface area is 109 Å². The Kier molecular flexibility index (Phi) is 3.66. The smallest absolute Gasteiger partial charge is 0.327 e. The Morgan fingerprint density at radius 3 is 2.58 bits per heavy atom. The fourth-order valence-corrected chi connectivity index (χ4v) is 2.28. The van der Waals surface area contributed by atoms with Crippen LogP contribution in [0.3, 0.4) is 0 Å². The number of hydrogen-bond acceptors (Lipinski definition) is 4. The number of benzene rings is 1. The summed E-state index contributed by atoms with van der Waals surface area (Å²) in [7, 11) is 0. The lowest BCUT2D eigenvalue weighted by molar-refractivity contribution is -0.386. The van der Waals surface area contributed by atoms with Crippen molar-refractivity contribution in [3.05, 3.63) is 33.9 Å². The van der Waals surface area contributed by atoms with Gasteiger partial charge in [-0.15, -0.1) is 0 Å². The quantitative estimate of drug-likeness (QED) is 0.654. The molecule has 0 unspecified atom stereocenters. The van der Waals surface area contributed by atoms with Gasteiger partial charge in [0.05, 0.1) is 4.92 Å². The molecular weight excluding hydrogens is 256 g/mol. The van der Waals surface area contributed by atoms with E-state index in [4.69, 9.17) is 0 Å². The van der Waals surface area contributed by atoms with Crippen molar-refractivity contribution < 1.29 is 13.7 Å². The van der Waals surface area contributed by atoms with Crippen LogP contribution in [0, 0.1) is 21.7 Å². The molecule has 7 heteroatoms. The van der Waals surface area contributed by atoms with E-state index in [-0.39, 0.29) is 5.69 Å². The molecule has 2 N–H and O–H groups in total. The monoisotopic (exact) mass is 271 g/mol. The van der Waals surface area contributed by atoms with Crippen LogP contribution in [-0.2, 0) is 0 Å². The molecule has 1 aliphatic rings. The largest absolute Gasteiger partial charge is 0.374 e. The number of hydrogen-bond donors (Lipinski definition) is 2. The highest BCUT2D eigenvalue weighted by molar-refractivity contribution is 5.63. The number of anilines is 1. The number of nitro groups is 1. The van der Waals surface area contributed by atoms with Crippen molar-refractivity contribution in [1.82, 2.24) is 5.32 Å². The maximum Gasteiger partial charge on any atom is 0.327 e. The number of rotatable bonds is 3. The molecule has 2 rings (SSSR count). The fourth-order valence-electron chi connectivity index (χ4n) is 2.28. The molecular formula is C12H15F2N3O2. The van der Waals surface area contributed by atoms with E-state index in [0.717, 1.165) is 32.0 Å². The summed E-state index contributed by atoms with van der Waals surface area (Å²) in [5.74, 6) is -1.99. The number of nitrogens with one attached hydrogen (secondary N) is 2. The highest BCUT2D eigenvalue weighted by atomic mass is 19.1. The van der Waals surface area contributed by atoms with Crippen molar-refractivity contribution >= 4 is 11.4 Å². The van der Waals surface area contributed by atoms with Crippen LogP contribution in [0.1, 0.15) is 19.8 Å². The first-order valence-corrected chi connectivity index (χ1v) is 6.04. The molecule has 0 radical (unpaired) electrons. The van der Waals surface area contributed by atoms with E-state index in [1.165, 1.54) is 0 Å². The van der Waals surface area contributed by atoms with Crippen LogP contribution in [-0.4, -0.2) is 23.6 Å². The molecule has 0 aromatic heterocycles. The molecule has 0 spiro atoms. The van der Waals surface area contributed by atoms with Gasteiger partial charge in [0.25, 0.3) is 0 Å². The van der Waals surface area contributed by atoms with Gasteiger partial charge in [0, 0.05) is 17.7 Å². The minimum absolute atomic E-state index is 0.105. The lowest BCUT2D eigenvalue weighted by Crippen LogP contribution is -2.45. The van der Waals surface area contributed by atoms with Gasteiger partial charge in [0.15, 0.2) is 0 Å². The molecule has 19 heavy (non-hydrogen) atoms. The van der Waals surface area contributed by atoms with Gasteiger partial charge < -0.3 is 10.6 Å². The lowest BCUT2D eigenvalue weighted by Gasteiger charge is -2.35. The topological polar surface area (TPSA) is 67.2 Å². The molecule has 1 fully saturated rings. The molecule has 0 saturated carbocycles.